The van der Waals surface area contributed by atoms with Gasteiger partial charge in [0.15, 0.2) is 0 Å². The molecule has 0 radical (unpaired) electrons. The van der Waals surface area contributed by atoms with Gasteiger partial charge in [0, 0.05) is 10.7 Å². The molecule has 1 rings (SSSR count). The van der Waals surface area contributed by atoms with Crippen molar-refractivity contribution in [3.63, 3.8) is 0 Å². The Balaban J connectivity index is 2.71. The molecule has 1 fully saturated rings. The van der Waals surface area contributed by atoms with Gasteiger partial charge in [-0.25, -0.2) is 8.42 Å². The van der Waals surface area contributed by atoms with E-state index < -0.39 is 14.3 Å². The molecule has 0 aromatic carbocycles. The summed E-state index contributed by atoms with van der Waals surface area (Å²) < 4.78 is 26.8. The molecule has 0 bridgehead atoms. The summed E-state index contributed by atoms with van der Waals surface area (Å²) in [5.74, 6) is 0. The summed E-state index contributed by atoms with van der Waals surface area (Å²) >= 11 is 0. The largest absolute Gasteiger partial charge is 0.374 e. The van der Waals surface area contributed by atoms with E-state index in [1.165, 1.54) is 0 Å². The van der Waals surface area contributed by atoms with Crippen molar-refractivity contribution in [2.45, 2.75) is 31.1 Å². The minimum atomic E-state index is -3.43. The smallest absolute Gasteiger partial charge is 0.237 e. The maximum Gasteiger partial charge on any atom is 0.237 e. The first kappa shape index (κ1) is 9.29. The molecule has 1 aliphatic heterocycles. The first-order chi connectivity index (χ1) is 4.81. The third-order valence-corrected chi connectivity index (χ3v) is 3.63. The van der Waals surface area contributed by atoms with Crippen molar-refractivity contribution < 1.29 is 13.2 Å². The van der Waals surface area contributed by atoms with Crippen molar-refractivity contribution in [2.24, 2.45) is 0 Å². The van der Waals surface area contributed by atoms with Gasteiger partial charge in [-0.2, -0.15) is 0 Å². The summed E-state index contributed by atoms with van der Waals surface area (Å²) in [6.45, 7) is 3.93. The topological polar surface area (TPSA) is 43.4 Å². The predicted octanol–water partition coefficient (Wildman–Crippen LogP) is 1.12. The van der Waals surface area contributed by atoms with E-state index in [1.54, 1.807) is 0 Å². The van der Waals surface area contributed by atoms with E-state index in [2.05, 4.69) is 0 Å². The summed E-state index contributed by atoms with van der Waals surface area (Å²) in [5, 5.41) is -0.529. The van der Waals surface area contributed by atoms with Crippen molar-refractivity contribution in [3.8, 4) is 0 Å². The molecule has 1 heterocycles. The summed E-state index contributed by atoms with van der Waals surface area (Å²) in [4.78, 5) is 0. The molecule has 1 aliphatic rings. The molecule has 5 heteroatoms. The standard InChI is InChI=1S/C6H11ClO3S/c1-6(2)3-5(4-10-6)11(7,8)9/h5H,3-4H2,1-2H3. The summed E-state index contributed by atoms with van der Waals surface area (Å²) in [5.41, 5.74) is -0.341. The molecule has 1 atom stereocenters. The maximum atomic E-state index is 10.8. The molecule has 1 saturated heterocycles. The van der Waals surface area contributed by atoms with E-state index in [0.29, 0.717) is 6.42 Å². The van der Waals surface area contributed by atoms with Gasteiger partial charge in [-0.1, -0.05) is 0 Å². The van der Waals surface area contributed by atoms with E-state index in [4.69, 9.17) is 15.4 Å². The van der Waals surface area contributed by atoms with Crippen LogP contribution >= 0.6 is 10.7 Å². The van der Waals surface area contributed by atoms with Crippen LogP contribution in [0.1, 0.15) is 20.3 Å². The number of hydrogen-bond acceptors (Lipinski definition) is 3. The molecule has 0 spiro atoms. The first-order valence-electron chi connectivity index (χ1n) is 3.39. The Hall–Kier alpha value is 0.200. The van der Waals surface area contributed by atoms with Crippen molar-refractivity contribution >= 4 is 19.7 Å². The van der Waals surface area contributed by atoms with Gasteiger partial charge in [-0.05, 0) is 20.3 Å². The van der Waals surface area contributed by atoms with Crippen LogP contribution < -0.4 is 0 Å². The highest BCUT2D eigenvalue weighted by Crippen LogP contribution is 2.30. The van der Waals surface area contributed by atoms with Crippen LogP contribution in [0.3, 0.4) is 0 Å². The maximum absolute atomic E-state index is 10.8. The fourth-order valence-electron chi connectivity index (χ4n) is 1.17. The monoisotopic (exact) mass is 198 g/mol. The Labute approximate surface area is 71.1 Å². The Morgan fingerprint density at radius 2 is 2.09 bits per heavy atom. The SMILES string of the molecule is CC1(C)CC(S(=O)(=O)Cl)CO1. The van der Waals surface area contributed by atoms with Crippen LogP contribution in [0.25, 0.3) is 0 Å². The predicted molar refractivity (Wildman–Crippen MR) is 43.2 cm³/mol. The normalized spacial score (nSPS) is 30.6. The lowest BCUT2D eigenvalue weighted by atomic mass is 10.1. The van der Waals surface area contributed by atoms with Crippen molar-refractivity contribution in [1.29, 1.82) is 0 Å². The van der Waals surface area contributed by atoms with Gasteiger partial charge in [0.25, 0.3) is 0 Å². The van der Waals surface area contributed by atoms with Gasteiger partial charge >= 0.3 is 0 Å². The van der Waals surface area contributed by atoms with Crippen LogP contribution in [-0.2, 0) is 13.8 Å². The van der Waals surface area contributed by atoms with Gasteiger partial charge in [-0.15, -0.1) is 0 Å². The number of rotatable bonds is 1. The van der Waals surface area contributed by atoms with Crippen LogP contribution in [0.2, 0.25) is 0 Å². The molecule has 0 aliphatic carbocycles. The van der Waals surface area contributed by atoms with Gasteiger partial charge in [-0.3, -0.25) is 0 Å². The highest BCUT2D eigenvalue weighted by molar-refractivity contribution is 8.14. The van der Waals surface area contributed by atoms with Crippen molar-refractivity contribution in [3.05, 3.63) is 0 Å². The van der Waals surface area contributed by atoms with Crippen molar-refractivity contribution in [2.75, 3.05) is 6.61 Å². The lowest BCUT2D eigenvalue weighted by Crippen LogP contribution is -2.20. The van der Waals surface area contributed by atoms with E-state index in [-0.39, 0.29) is 12.2 Å². The lowest BCUT2D eigenvalue weighted by Gasteiger charge is -2.14. The first-order valence-corrected chi connectivity index (χ1v) is 5.76. The van der Waals surface area contributed by atoms with E-state index in [1.807, 2.05) is 13.8 Å². The van der Waals surface area contributed by atoms with Gasteiger partial charge in [0.2, 0.25) is 9.05 Å². The average Bonchev–Trinajstić information content (AvgIpc) is 2.07. The quantitative estimate of drug-likeness (QED) is 0.594. The molecule has 66 valence electrons. The minimum absolute atomic E-state index is 0.221. The van der Waals surface area contributed by atoms with Crippen LogP contribution in [0.4, 0.5) is 0 Å². The van der Waals surface area contributed by atoms with E-state index >= 15 is 0 Å². The molecule has 3 nitrogen and oxygen atoms in total. The Bertz CT molecular complexity index is 245. The third kappa shape index (κ3) is 2.32. The summed E-state index contributed by atoms with van der Waals surface area (Å²) in [6, 6.07) is 0. The highest BCUT2D eigenvalue weighted by Gasteiger charge is 2.38. The molecular weight excluding hydrogens is 188 g/mol. The Morgan fingerprint density at radius 1 is 1.55 bits per heavy atom. The second-order valence-corrected chi connectivity index (χ2v) is 6.28. The van der Waals surface area contributed by atoms with Gasteiger partial charge < -0.3 is 4.74 Å². The molecule has 0 aromatic heterocycles. The molecule has 11 heavy (non-hydrogen) atoms. The third-order valence-electron chi connectivity index (χ3n) is 1.78. The second-order valence-electron chi connectivity index (χ2n) is 3.37. The zero-order valence-electron chi connectivity index (χ0n) is 6.50. The fraction of sp³-hybridized carbons (Fsp3) is 1.00. The van der Waals surface area contributed by atoms with E-state index in [9.17, 15) is 8.42 Å². The Morgan fingerprint density at radius 3 is 2.27 bits per heavy atom. The van der Waals surface area contributed by atoms with Gasteiger partial charge in [0.05, 0.1) is 12.2 Å². The molecule has 0 amide bonds. The zero-order chi connectivity index (χ0) is 8.70. The summed E-state index contributed by atoms with van der Waals surface area (Å²) in [7, 11) is 1.73. The van der Waals surface area contributed by atoms with Crippen LogP contribution in [0.15, 0.2) is 0 Å². The van der Waals surface area contributed by atoms with Crippen molar-refractivity contribution in [1.82, 2.24) is 0 Å². The molecule has 1 unspecified atom stereocenters. The van der Waals surface area contributed by atoms with Crippen LogP contribution in [0, 0.1) is 0 Å². The number of halogens is 1. The Kier molecular flexibility index (Phi) is 2.20. The van der Waals surface area contributed by atoms with E-state index in [0.717, 1.165) is 0 Å². The lowest BCUT2D eigenvalue weighted by molar-refractivity contribution is 0.0368. The second kappa shape index (κ2) is 2.61. The van der Waals surface area contributed by atoms with Crippen LogP contribution in [-0.4, -0.2) is 25.9 Å². The number of ether oxygens (including phenoxy) is 1. The van der Waals surface area contributed by atoms with Crippen LogP contribution in [0.5, 0.6) is 0 Å². The summed E-state index contributed by atoms with van der Waals surface area (Å²) in [6.07, 6.45) is 0.485. The molecule has 0 N–H and O–H groups in total. The number of hydrogen-bond donors (Lipinski definition) is 0. The minimum Gasteiger partial charge on any atom is -0.374 e. The molecule has 0 saturated carbocycles. The molecular formula is C6H11ClO3S. The molecule has 0 aromatic rings. The average molecular weight is 199 g/mol. The fourth-order valence-corrected chi connectivity index (χ4v) is 2.34. The van der Waals surface area contributed by atoms with Gasteiger partial charge in [0.1, 0.15) is 5.25 Å². The zero-order valence-corrected chi connectivity index (χ0v) is 8.07. The highest BCUT2D eigenvalue weighted by atomic mass is 35.7.